The van der Waals surface area contributed by atoms with E-state index in [1.807, 2.05) is 30.4 Å². The number of likely N-dealkylation sites (tertiary alicyclic amines) is 1. The maximum atomic E-state index is 13.5. The minimum absolute atomic E-state index is 0.0321. The summed E-state index contributed by atoms with van der Waals surface area (Å²) in [6.45, 7) is 0.920. The summed E-state index contributed by atoms with van der Waals surface area (Å²) in [5.41, 5.74) is 2.41. The van der Waals surface area contributed by atoms with Crippen LogP contribution < -0.4 is 0 Å². The van der Waals surface area contributed by atoms with E-state index < -0.39 is 0 Å². The number of aromatic nitrogens is 1. The van der Waals surface area contributed by atoms with Gasteiger partial charge in [0.1, 0.15) is 5.82 Å². The number of hydrogen-bond acceptors (Lipinski definition) is 4. The molecule has 5 rings (SSSR count). The molecule has 30 heavy (non-hydrogen) atoms. The Hall–Kier alpha value is -2.86. The summed E-state index contributed by atoms with van der Waals surface area (Å²) in [4.78, 5) is 33.6. The molecule has 0 spiro atoms. The minimum atomic E-state index is -0.298. The molecule has 154 valence electrons. The van der Waals surface area contributed by atoms with E-state index in [-0.39, 0.29) is 41.6 Å². The summed E-state index contributed by atoms with van der Waals surface area (Å²) in [6, 6.07) is 10.3. The second-order valence-electron chi connectivity index (χ2n) is 8.42. The number of imide groups is 1. The molecule has 0 saturated carbocycles. The minimum Gasteiger partial charge on any atom is -0.292 e. The number of amides is 2. The van der Waals surface area contributed by atoms with E-state index in [9.17, 15) is 14.0 Å². The summed E-state index contributed by atoms with van der Waals surface area (Å²) in [5.74, 6) is -0.892. The summed E-state index contributed by atoms with van der Waals surface area (Å²) in [5, 5.41) is 0. The number of piperidine rings is 1. The van der Waals surface area contributed by atoms with Crippen molar-refractivity contribution in [3.8, 4) is 11.1 Å². The van der Waals surface area contributed by atoms with Crippen LogP contribution in [0.3, 0.4) is 0 Å². The van der Waals surface area contributed by atoms with Crippen molar-refractivity contribution in [1.82, 2.24) is 14.8 Å². The third kappa shape index (κ3) is 3.06. The molecule has 0 radical (unpaired) electrons. The van der Waals surface area contributed by atoms with Gasteiger partial charge < -0.3 is 0 Å². The van der Waals surface area contributed by atoms with Gasteiger partial charge in [-0.05, 0) is 49.2 Å². The fraction of sp³-hybridized carbons (Fsp3) is 0.375. The van der Waals surface area contributed by atoms with Crippen LogP contribution in [-0.4, -0.2) is 52.3 Å². The summed E-state index contributed by atoms with van der Waals surface area (Å²) < 4.78 is 13.5. The number of hydrogen-bond donors (Lipinski definition) is 0. The SMILES string of the molecule is CN1C(=O)C2C(C1=O)C1CCCCN1C2/C=C/c1ccc(-c2cccc(F)c2)cn1. The summed E-state index contributed by atoms with van der Waals surface area (Å²) >= 11 is 0. The zero-order valence-corrected chi connectivity index (χ0v) is 16.9. The second-order valence-corrected chi connectivity index (χ2v) is 8.42. The number of rotatable bonds is 3. The van der Waals surface area contributed by atoms with Crippen LogP contribution in [-0.2, 0) is 9.59 Å². The number of halogens is 1. The lowest BCUT2D eigenvalue weighted by molar-refractivity contribution is -0.139. The first-order valence-electron chi connectivity index (χ1n) is 10.5. The number of carbonyl (C=O) groups is 2. The Kier molecular flexibility index (Phi) is 4.74. The predicted molar refractivity (Wildman–Crippen MR) is 112 cm³/mol. The van der Waals surface area contributed by atoms with E-state index in [2.05, 4.69) is 9.88 Å². The molecule has 2 aromatic rings. The first kappa shape index (κ1) is 19.1. The molecule has 3 aliphatic heterocycles. The van der Waals surface area contributed by atoms with E-state index in [1.165, 1.54) is 17.0 Å². The first-order valence-corrected chi connectivity index (χ1v) is 10.5. The molecule has 4 atom stereocenters. The van der Waals surface area contributed by atoms with Crippen molar-refractivity contribution >= 4 is 17.9 Å². The van der Waals surface area contributed by atoms with Gasteiger partial charge in [0.05, 0.1) is 17.5 Å². The smallest absolute Gasteiger partial charge is 0.234 e. The third-order valence-electron chi connectivity index (χ3n) is 6.78. The van der Waals surface area contributed by atoms with Gasteiger partial charge in [-0.2, -0.15) is 0 Å². The summed E-state index contributed by atoms with van der Waals surface area (Å²) in [7, 11) is 1.60. The van der Waals surface area contributed by atoms with E-state index >= 15 is 0 Å². The topological polar surface area (TPSA) is 53.5 Å². The second kappa shape index (κ2) is 7.43. The number of fused-ring (bicyclic) bond motifs is 3. The van der Waals surface area contributed by atoms with Crippen molar-refractivity contribution in [3.05, 3.63) is 60.2 Å². The van der Waals surface area contributed by atoms with Crippen LogP contribution in [0.1, 0.15) is 25.0 Å². The zero-order valence-electron chi connectivity index (χ0n) is 16.9. The Morgan fingerprint density at radius 3 is 2.67 bits per heavy atom. The van der Waals surface area contributed by atoms with Crippen LogP contribution in [0.25, 0.3) is 17.2 Å². The first-order chi connectivity index (χ1) is 14.5. The van der Waals surface area contributed by atoms with Gasteiger partial charge in [-0.15, -0.1) is 0 Å². The van der Waals surface area contributed by atoms with E-state index in [4.69, 9.17) is 0 Å². The van der Waals surface area contributed by atoms with Crippen molar-refractivity contribution < 1.29 is 14.0 Å². The van der Waals surface area contributed by atoms with Crippen LogP contribution in [0, 0.1) is 17.7 Å². The van der Waals surface area contributed by atoms with Crippen LogP contribution >= 0.6 is 0 Å². The van der Waals surface area contributed by atoms with Gasteiger partial charge in [-0.1, -0.05) is 30.7 Å². The van der Waals surface area contributed by atoms with Crippen molar-refractivity contribution in [2.75, 3.05) is 13.6 Å². The van der Waals surface area contributed by atoms with Gasteiger partial charge in [0, 0.05) is 30.9 Å². The van der Waals surface area contributed by atoms with E-state index in [1.54, 1.807) is 19.3 Å². The number of nitrogens with zero attached hydrogens (tertiary/aromatic N) is 3. The molecule has 2 amide bonds. The molecule has 4 heterocycles. The molecular formula is C24H24FN3O2. The highest BCUT2D eigenvalue weighted by atomic mass is 19.1. The fourth-order valence-corrected chi connectivity index (χ4v) is 5.34. The molecular weight excluding hydrogens is 381 g/mol. The van der Waals surface area contributed by atoms with Crippen LogP contribution in [0.15, 0.2) is 48.7 Å². The third-order valence-corrected chi connectivity index (χ3v) is 6.78. The Morgan fingerprint density at radius 2 is 1.90 bits per heavy atom. The molecule has 6 heteroatoms. The molecule has 4 unspecified atom stereocenters. The highest BCUT2D eigenvalue weighted by molar-refractivity contribution is 6.06. The predicted octanol–water partition coefficient (Wildman–Crippen LogP) is 3.37. The molecule has 0 bridgehead atoms. The van der Waals surface area contributed by atoms with Crippen molar-refractivity contribution in [2.24, 2.45) is 11.8 Å². The molecule has 3 fully saturated rings. The highest BCUT2D eigenvalue weighted by Crippen LogP contribution is 2.46. The van der Waals surface area contributed by atoms with Crippen molar-refractivity contribution in [1.29, 1.82) is 0 Å². The van der Waals surface area contributed by atoms with E-state index in [0.717, 1.165) is 42.6 Å². The Labute approximate surface area is 175 Å². The quantitative estimate of drug-likeness (QED) is 0.735. The van der Waals surface area contributed by atoms with Crippen molar-refractivity contribution in [3.63, 3.8) is 0 Å². The maximum Gasteiger partial charge on any atom is 0.234 e. The lowest BCUT2D eigenvalue weighted by Gasteiger charge is -2.35. The number of benzene rings is 1. The molecule has 1 aromatic carbocycles. The number of carbonyl (C=O) groups excluding carboxylic acids is 2. The molecule has 1 aromatic heterocycles. The normalized spacial score (nSPS) is 28.9. The van der Waals surface area contributed by atoms with Crippen molar-refractivity contribution in [2.45, 2.75) is 31.3 Å². The summed E-state index contributed by atoms with van der Waals surface area (Å²) in [6.07, 6.45) is 8.88. The van der Waals surface area contributed by atoms with E-state index in [0.29, 0.717) is 0 Å². The maximum absolute atomic E-state index is 13.5. The molecule has 0 N–H and O–H groups in total. The van der Waals surface area contributed by atoms with Crippen LogP contribution in [0.2, 0.25) is 0 Å². The average Bonchev–Trinajstić information content (AvgIpc) is 3.21. The number of pyridine rings is 1. The monoisotopic (exact) mass is 405 g/mol. The lowest BCUT2D eigenvalue weighted by Crippen LogP contribution is -2.45. The Bertz CT molecular complexity index is 1020. The largest absolute Gasteiger partial charge is 0.292 e. The van der Waals surface area contributed by atoms with Gasteiger partial charge in [0.25, 0.3) is 0 Å². The van der Waals surface area contributed by atoms with Gasteiger partial charge in [0.15, 0.2) is 0 Å². The zero-order chi connectivity index (χ0) is 20.8. The molecule has 5 nitrogen and oxygen atoms in total. The Morgan fingerprint density at radius 1 is 1.07 bits per heavy atom. The standard InChI is InChI=1S/C24H24FN3O2/c1-27-23(29)21-19-7-2-3-12-28(19)20(22(21)24(27)30)11-10-18-9-8-16(14-26-18)15-5-4-6-17(25)13-15/h4-6,8-11,13-14,19-22H,2-3,7,12H2,1H3/b11-10+. The molecule has 3 aliphatic rings. The molecule has 3 saturated heterocycles. The lowest BCUT2D eigenvalue weighted by atomic mass is 9.87. The average molecular weight is 405 g/mol. The van der Waals surface area contributed by atoms with Gasteiger partial charge in [-0.3, -0.25) is 24.4 Å². The Balaban J connectivity index is 1.40. The van der Waals surface area contributed by atoms with Gasteiger partial charge in [0.2, 0.25) is 11.8 Å². The van der Waals surface area contributed by atoms with Gasteiger partial charge in [-0.25, -0.2) is 4.39 Å². The fourth-order valence-electron chi connectivity index (χ4n) is 5.34. The molecule has 0 aliphatic carbocycles. The highest BCUT2D eigenvalue weighted by Gasteiger charge is 2.60. The van der Waals surface area contributed by atoms with Crippen LogP contribution in [0.4, 0.5) is 4.39 Å². The van der Waals surface area contributed by atoms with Gasteiger partial charge >= 0.3 is 0 Å². The van der Waals surface area contributed by atoms with Crippen LogP contribution in [0.5, 0.6) is 0 Å².